The summed E-state index contributed by atoms with van der Waals surface area (Å²) in [6, 6.07) is 13.2. The van der Waals surface area contributed by atoms with Crippen LogP contribution in [-0.4, -0.2) is 21.9 Å². The molecule has 2 heterocycles. The largest absolute Gasteiger partial charge is 0.462 e. The Balaban J connectivity index is 2.32. The van der Waals surface area contributed by atoms with Crippen molar-refractivity contribution < 1.29 is 14.5 Å². The van der Waals surface area contributed by atoms with Gasteiger partial charge in [0.25, 0.3) is 5.69 Å². The first-order valence-electron chi connectivity index (χ1n) is 7.53. The van der Waals surface area contributed by atoms with Gasteiger partial charge in [0.1, 0.15) is 11.6 Å². The fourth-order valence-electron chi connectivity index (χ4n) is 2.75. The Morgan fingerprint density at radius 3 is 2.60 bits per heavy atom. The van der Waals surface area contributed by atoms with Crippen molar-refractivity contribution in [1.82, 2.24) is 4.40 Å². The van der Waals surface area contributed by atoms with Crippen molar-refractivity contribution >= 4 is 17.2 Å². The summed E-state index contributed by atoms with van der Waals surface area (Å²) in [6.07, 6.45) is 1.73. The third kappa shape index (κ3) is 2.70. The molecule has 7 nitrogen and oxygen atoms in total. The summed E-state index contributed by atoms with van der Waals surface area (Å²) < 4.78 is 6.83. The van der Waals surface area contributed by atoms with Crippen molar-refractivity contribution in [2.45, 2.75) is 6.92 Å². The fourth-order valence-corrected chi connectivity index (χ4v) is 2.75. The Bertz CT molecular complexity index is 1010. The van der Waals surface area contributed by atoms with Crippen LogP contribution in [0.4, 0.5) is 5.69 Å². The van der Waals surface area contributed by atoms with E-state index in [1.807, 2.05) is 0 Å². The van der Waals surface area contributed by atoms with Crippen molar-refractivity contribution in [1.29, 1.82) is 5.26 Å². The van der Waals surface area contributed by atoms with E-state index in [1.54, 1.807) is 47.9 Å². The van der Waals surface area contributed by atoms with Crippen molar-refractivity contribution in [3.63, 3.8) is 0 Å². The minimum atomic E-state index is -0.601. The molecule has 0 unspecified atom stereocenters. The number of hydrogen-bond acceptors (Lipinski definition) is 5. The van der Waals surface area contributed by atoms with Gasteiger partial charge in [0.05, 0.1) is 28.3 Å². The average molecular weight is 335 g/mol. The van der Waals surface area contributed by atoms with Gasteiger partial charge in [0.15, 0.2) is 0 Å². The second-order valence-electron chi connectivity index (χ2n) is 5.19. The maximum absolute atomic E-state index is 12.5. The molecule has 0 radical (unpaired) electrons. The van der Waals surface area contributed by atoms with Gasteiger partial charge in [-0.1, -0.05) is 6.07 Å². The highest BCUT2D eigenvalue weighted by atomic mass is 16.6. The Morgan fingerprint density at radius 2 is 2.00 bits per heavy atom. The number of carbonyl (C=O) groups is 1. The third-order valence-electron chi connectivity index (χ3n) is 3.79. The Kier molecular flexibility index (Phi) is 4.18. The number of non-ortho nitro benzene ring substituents is 1. The summed E-state index contributed by atoms with van der Waals surface area (Å²) >= 11 is 0. The van der Waals surface area contributed by atoms with E-state index in [9.17, 15) is 20.2 Å². The van der Waals surface area contributed by atoms with Crippen LogP contribution < -0.4 is 0 Å². The van der Waals surface area contributed by atoms with Gasteiger partial charge in [0.2, 0.25) is 0 Å². The van der Waals surface area contributed by atoms with Crippen LogP contribution >= 0.6 is 0 Å². The van der Waals surface area contributed by atoms with Gasteiger partial charge < -0.3 is 9.14 Å². The number of nitriles is 1. The summed E-state index contributed by atoms with van der Waals surface area (Å²) in [7, 11) is 0. The van der Waals surface area contributed by atoms with Gasteiger partial charge in [-0.05, 0) is 36.8 Å². The number of esters is 1. The summed E-state index contributed by atoms with van der Waals surface area (Å²) in [6.45, 7) is 1.86. The van der Waals surface area contributed by atoms with E-state index in [0.29, 0.717) is 16.8 Å². The molecule has 0 fully saturated rings. The highest BCUT2D eigenvalue weighted by Gasteiger charge is 2.26. The lowest BCUT2D eigenvalue weighted by atomic mass is 10.0. The van der Waals surface area contributed by atoms with E-state index in [1.165, 1.54) is 12.1 Å². The van der Waals surface area contributed by atoms with Crippen LogP contribution in [0.2, 0.25) is 0 Å². The highest BCUT2D eigenvalue weighted by molar-refractivity contribution is 6.03. The molecule has 0 amide bonds. The molecular formula is C18H13N3O4. The predicted molar refractivity (Wildman–Crippen MR) is 90.2 cm³/mol. The van der Waals surface area contributed by atoms with Crippen LogP contribution in [0, 0.1) is 21.4 Å². The topological polar surface area (TPSA) is 97.6 Å². The maximum Gasteiger partial charge on any atom is 0.341 e. The first-order chi connectivity index (χ1) is 12.1. The number of ether oxygens (including phenoxy) is 1. The maximum atomic E-state index is 12.5. The predicted octanol–water partition coefficient (Wildman–Crippen LogP) is 3.56. The average Bonchev–Trinajstić information content (AvgIpc) is 2.96. The van der Waals surface area contributed by atoms with Crippen LogP contribution in [0.15, 0.2) is 48.7 Å². The number of aromatic nitrogens is 1. The molecule has 0 N–H and O–H groups in total. The van der Waals surface area contributed by atoms with Gasteiger partial charge in [0, 0.05) is 18.3 Å². The van der Waals surface area contributed by atoms with Crippen LogP contribution in [0.5, 0.6) is 0 Å². The standard InChI is InChI=1S/C18H13N3O4/c1-2-25-18(22)16-14(11-19)15-5-3-4-10-20(15)17(16)12-6-8-13(9-7-12)21(23)24/h3-10H,2H2,1H3. The SMILES string of the molecule is CCOC(=O)c1c(C#N)c2ccccn2c1-c1ccc([N+](=O)[O-])cc1. The van der Waals surface area contributed by atoms with Crippen LogP contribution in [-0.2, 0) is 4.74 Å². The van der Waals surface area contributed by atoms with E-state index in [4.69, 9.17) is 4.74 Å². The normalized spacial score (nSPS) is 10.4. The van der Waals surface area contributed by atoms with Gasteiger partial charge in [-0.3, -0.25) is 10.1 Å². The zero-order chi connectivity index (χ0) is 18.0. The lowest BCUT2D eigenvalue weighted by Gasteiger charge is -2.07. The van der Waals surface area contributed by atoms with Gasteiger partial charge >= 0.3 is 5.97 Å². The number of nitro groups is 1. The number of carbonyl (C=O) groups excluding carboxylic acids is 1. The molecule has 0 aliphatic rings. The number of pyridine rings is 1. The quantitative estimate of drug-likeness (QED) is 0.412. The summed E-state index contributed by atoms with van der Waals surface area (Å²) in [5, 5.41) is 20.4. The first kappa shape index (κ1) is 16.2. The van der Waals surface area contributed by atoms with Crippen LogP contribution in [0.3, 0.4) is 0 Å². The lowest BCUT2D eigenvalue weighted by molar-refractivity contribution is -0.384. The number of nitrogens with zero attached hydrogens (tertiary/aromatic N) is 3. The molecule has 0 aliphatic carbocycles. The molecule has 0 bridgehead atoms. The minimum absolute atomic E-state index is 0.0530. The third-order valence-corrected chi connectivity index (χ3v) is 3.79. The van der Waals surface area contributed by atoms with E-state index in [-0.39, 0.29) is 23.4 Å². The molecule has 124 valence electrons. The van der Waals surface area contributed by atoms with E-state index < -0.39 is 10.9 Å². The van der Waals surface area contributed by atoms with Gasteiger partial charge in [-0.2, -0.15) is 5.26 Å². The van der Waals surface area contributed by atoms with Crippen LogP contribution in [0.25, 0.3) is 16.8 Å². The molecule has 0 atom stereocenters. The van der Waals surface area contributed by atoms with E-state index >= 15 is 0 Å². The molecule has 0 saturated carbocycles. The molecule has 1 aromatic carbocycles. The van der Waals surface area contributed by atoms with E-state index in [0.717, 1.165) is 0 Å². The number of rotatable bonds is 4. The number of hydrogen-bond donors (Lipinski definition) is 0. The Hall–Kier alpha value is -3.66. The molecule has 0 spiro atoms. The highest BCUT2D eigenvalue weighted by Crippen LogP contribution is 2.33. The molecule has 3 rings (SSSR count). The first-order valence-corrected chi connectivity index (χ1v) is 7.53. The van der Waals surface area contributed by atoms with Crippen molar-refractivity contribution in [2.75, 3.05) is 6.61 Å². The van der Waals surface area contributed by atoms with Crippen molar-refractivity contribution in [3.8, 4) is 17.3 Å². The molecule has 0 saturated heterocycles. The number of benzene rings is 1. The molecule has 7 heteroatoms. The van der Waals surface area contributed by atoms with Crippen molar-refractivity contribution in [3.05, 3.63) is 69.9 Å². The molecular weight excluding hydrogens is 322 g/mol. The number of nitro benzene ring substituents is 1. The Labute approximate surface area is 142 Å². The summed E-state index contributed by atoms with van der Waals surface area (Å²) in [4.78, 5) is 22.8. The van der Waals surface area contributed by atoms with Crippen molar-refractivity contribution in [2.24, 2.45) is 0 Å². The molecule has 25 heavy (non-hydrogen) atoms. The second kappa shape index (κ2) is 6.45. The smallest absolute Gasteiger partial charge is 0.341 e. The fraction of sp³-hybridized carbons (Fsp3) is 0.111. The van der Waals surface area contributed by atoms with E-state index in [2.05, 4.69) is 6.07 Å². The van der Waals surface area contributed by atoms with Gasteiger partial charge in [-0.15, -0.1) is 0 Å². The Morgan fingerprint density at radius 1 is 1.28 bits per heavy atom. The lowest BCUT2D eigenvalue weighted by Crippen LogP contribution is -2.07. The zero-order valence-electron chi connectivity index (χ0n) is 13.3. The minimum Gasteiger partial charge on any atom is -0.462 e. The summed E-state index contributed by atoms with van der Waals surface area (Å²) in [5.41, 5.74) is 1.94. The second-order valence-corrected chi connectivity index (χ2v) is 5.19. The zero-order valence-corrected chi connectivity index (χ0v) is 13.3. The van der Waals surface area contributed by atoms with Crippen LogP contribution in [0.1, 0.15) is 22.8 Å². The number of fused-ring (bicyclic) bond motifs is 1. The van der Waals surface area contributed by atoms with Gasteiger partial charge in [-0.25, -0.2) is 4.79 Å². The summed E-state index contributed by atoms with van der Waals surface area (Å²) in [5.74, 6) is -0.601. The molecule has 3 aromatic rings. The molecule has 0 aliphatic heterocycles. The monoisotopic (exact) mass is 335 g/mol. The molecule has 2 aromatic heterocycles.